The number of benzene rings is 1. The lowest BCUT2D eigenvalue weighted by molar-refractivity contribution is -0.384. The fourth-order valence-corrected chi connectivity index (χ4v) is 1.41. The summed E-state index contributed by atoms with van der Waals surface area (Å²) in [6.07, 6.45) is 0. The maximum absolute atomic E-state index is 11.8. The Morgan fingerprint density at radius 3 is 2.58 bits per heavy atom. The van der Waals surface area contributed by atoms with E-state index in [1.54, 1.807) is 13.8 Å². The number of amides is 1. The molecule has 0 bridgehead atoms. The molecule has 1 unspecified atom stereocenters. The molecule has 0 radical (unpaired) electrons. The summed E-state index contributed by atoms with van der Waals surface area (Å²) in [6, 6.07) is 3.48. The van der Waals surface area contributed by atoms with Crippen LogP contribution in [0.25, 0.3) is 0 Å². The summed E-state index contributed by atoms with van der Waals surface area (Å²) in [7, 11) is 1.41. The first-order valence-electron chi connectivity index (χ1n) is 5.75. The summed E-state index contributed by atoms with van der Waals surface area (Å²) in [5.41, 5.74) is 5.55. The molecule has 0 saturated carbocycles. The van der Waals surface area contributed by atoms with Crippen molar-refractivity contribution in [1.82, 2.24) is 0 Å². The quantitative estimate of drug-likeness (QED) is 0.621. The first-order chi connectivity index (χ1) is 8.86. The number of hydrogen-bond donors (Lipinski definition) is 2. The zero-order valence-corrected chi connectivity index (χ0v) is 11.0. The van der Waals surface area contributed by atoms with Gasteiger partial charge in [0.1, 0.15) is 11.4 Å². The molecule has 1 rings (SSSR count). The number of nitrogens with one attached hydrogen (secondary N) is 1. The summed E-state index contributed by atoms with van der Waals surface area (Å²) in [4.78, 5) is 22.2. The highest BCUT2D eigenvalue weighted by atomic mass is 16.6. The number of anilines is 1. The van der Waals surface area contributed by atoms with Crippen LogP contribution in [0.5, 0.6) is 5.75 Å². The molecule has 0 spiro atoms. The average Bonchev–Trinajstić information content (AvgIpc) is 2.37. The molecular formula is C12H17N3O4. The van der Waals surface area contributed by atoms with Crippen molar-refractivity contribution in [2.45, 2.75) is 19.9 Å². The summed E-state index contributed by atoms with van der Waals surface area (Å²) < 4.78 is 4.91. The molecule has 0 heterocycles. The molecule has 0 aliphatic carbocycles. The van der Waals surface area contributed by atoms with Crippen LogP contribution < -0.4 is 15.8 Å². The Morgan fingerprint density at radius 2 is 2.11 bits per heavy atom. The van der Waals surface area contributed by atoms with Gasteiger partial charge in [-0.2, -0.15) is 0 Å². The van der Waals surface area contributed by atoms with E-state index in [0.29, 0.717) is 5.75 Å². The highest BCUT2D eigenvalue weighted by Gasteiger charge is 2.22. The number of nitrogens with zero attached hydrogens (tertiary/aromatic N) is 1. The average molecular weight is 267 g/mol. The van der Waals surface area contributed by atoms with Gasteiger partial charge in [-0.1, -0.05) is 13.8 Å². The minimum Gasteiger partial charge on any atom is -0.496 e. The predicted molar refractivity (Wildman–Crippen MR) is 71.1 cm³/mol. The van der Waals surface area contributed by atoms with Crippen molar-refractivity contribution in [2.24, 2.45) is 11.7 Å². The number of nitro benzene ring substituents is 1. The topological polar surface area (TPSA) is 107 Å². The van der Waals surface area contributed by atoms with E-state index < -0.39 is 16.9 Å². The van der Waals surface area contributed by atoms with E-state index in [2.05, 4.69) is 5.32 Å². The summed E-state index contributed by atoms with van der Waals surface area (Å²) >= 11 is 0. The van der Waals surface area contributed by atoms with Gasteiger partial charge in [-0.15, -0.1) is 0 Å². The smallest absolute Gasteiger partial charge is 0.296 e. The molecule has 7 heteroatoms. The van der Waals surface area contributed by atoms with Crippen LogP contribution >= 0.6 is 0 Å². The van der Waals surface area contributed by atoms with E-state index in [9.17, 15) is 14.9 Å². The van der Waals surface area contributed by atoms with E-state index in [4.69, 9.17) is 10.5 Å². The fraction of sp³-hybridized carbons (Fsp3) is 0.417. The Labute approximate surface area is 110 Å². The Hall–Kier alpha value is -2.15. The molecule has 7 nitrogen and oxygen atoms in total. The number of nitro groups is 1. The monoisotopic (exact) mass is 267 g/mol. The van der Waals surface area contributed by atoms with E-state index in [-0.39, 0.29) is 17.3 Å². The van der Waals surface area contributed by atoms with Crippen LogP contribution in [0.2, 0.25) is 0 Å². The van der Waals surface area contributed by atoms with Gasteiger partial charge < -0.3 is 15.8 Å². The summed E-state index contributed by atoms with van der Waals surface area (Å²) in [6.45, 7) is 3.60. The Morgan fingerprint density at radius 1 is 1.47 bits per heavy atom. The van der Waals surface area contributed by atoms with Gasteiger partial charge in [0.2, 0.25) is 5.91 Å². The van der Waals surface area contributed by atoms with E-state index >= 15 is 0 Å². The molecule has 19 heavy (non-hydrogen) atoms. The number of carbonyl (C=O) groups is 1. The van der Waals surface area contributed by atoms with Gasteiger partial charge in [0.05, 0.1) is 24.1 Å². The second kappa shape index (κ2) is 6.14. The van der Waals surface area contributed by atoms with Crippen molar-refractivity contribution in [2.75, 3.05) is 12.4 Å². The number of methoxy groups -OCH3 is 1. The second-order valence-corrected chi connectivity index (χ2v) is 4.40. The summed E-state index contributed by atoms with van der Waals surface area (Å²) in [5, 5.41) is 13.4. The first-order valence-corrected chi connectivity index (χ1v) is 5.75. The predicted octanol–water partition coefficient (Wildman–Crippen LogP) is 1.53. The van der Waals surface area contributed by atoms with Crippen LogP contribution in [0.15, 0.2) is 18.2 Å². The van der Waals surface area contributed by atoms with Crippen molar-refractivity contribution in [3.05, 3.63) is 28.3 Å². The van der Waals surface area contributed by atoms with E-state index in [1.165, 1.54) is 25.3 Å². The van der Waals surface area contributed by atoms with E-state index in [1.807, 2.05) is 0 Å². The number of nitrogens with two attached hydrogens (primary N) is 1. The molecule has 3 N–H and O–H groups in total. The van der Waals surface area contributed by atoms with Gasteiger partial charge in [0, 0.05) is 0 Å². The zero-order chi connectivity index (χ0) is 14.6. The van der Waals surface area contributed by atoms with Gasteiger partial charge in [-0.3, -0.25) is 14.9 Å². The van der Waals surface area contributed by atoms with Crippen molar-refractivity contribution >= 4 is 17.3 Å². The van der Waals surface area contributed by atoms with Crippen molar-refractivity contribution in [3.8, 4) is 5.75 Å². The van der Waals surface area contributed by atoms with Crippen molar-refractivity contribution in [3.63, 3.8) is 0 Å². The van der Waals surface area contributed by atoms with Crippen LogP contribution in [0.4, 0.5) is 11.4 Å². The summed E-state index contributed by atoms with van der Waals surface area (Å²) in [5.74, 6) is -0.168. The largest absolute Gasteiger partial charge is 0.496 e. The van der Waals surface area contributed by atoms with Crippen LogP contribution in [0.3, 0.4) is 0 Å². The lowest BCUT2D eigenvalue weighted by Gasteiger charge is -2.15. The van der Waals surface area contributed by atoms with Crippen LogP contribution in [-0.2, 0) is 4.79 Å². The molecule has 1 aromatic carbocycles. The molecule has 1 atom stereocenters. The maximum Gasteiger partial charge on any atom is 0.296 e. The standard InChI is InChI=1S/C12H17N3O4/c1-7(2)11(13)12(16)14-9-5-4-8(19-3)6-10(9)15(17)18/h4-7,11H,13H2,1-3H3,(H,14,16). The zero-order valence-electron chi connectivity index (χ0n) is 11.0. The molecule has 0 fully saturated rings. The molecule has 0 aliphatic heterocycles. The minimum absolute atomic E-state index is 0.0581. The lowest BCUT2D eigenvalue weighted by atomic mass is 10.0. The molecule has 0 saturated heterocycles. The van der Waals surface area contributed by atoms with Crippen molar-refractivity contribution < 1.29 is 14.5 Å². The third kappa shape index (κ3) is 3.65. The number of ether oxygens (including phenoxy) is 1. The SMILES string of the molecule is COc1ccc(NC(=O)C(N)C(C)C)c([N+](=O)[O-])c1. The Kier molecular flexibility index (Phi) is 4.82. The Bertz CT molecular complexity index is 488. The minimum atomic E-state index is -0.721. The second-order valence-electron chi connectivity index (χ2n) is 4.40. The van der Waals surface area contributed by atoms with Gasteiger partial charge in [-0.25, -0.2) is 0 Å². The van der Waals surface area contributed by atoms with Crippen LogP contribution in [-0.4, -0.2) is 24.0 Å². The maximum atomic E-state index is 11.8. The van der Waals surface area contributed by atoms with E-state index in [0.717, 1.165) is 0 Å². The number of rotatable bonds is 5. The number of carbonyl (C=O) groups excluding carboxylic acids is 1. The molecule has 1 aromatic rings. The number of hydrogen-bond acceptors (Lipinski definition) is 5. The first kappa shape index (κ1) is 14.9. The molecule has 0 aromatic heterocycles. The highest BCUT2D eigenvalue weighted by molar-refractivity contribution is 5.96. The van der Waals surface area contributed by atoms with Gasteiger partial charge in [-0.05, 0) is 18.1 Å². The highest BCUT2D eigenvalue weighted by Crippen LogP contribution is 2.29. The molecule has 1 amide bonds. The van der Waals surface area contributed by atoms with Crippen LogP contribution in [0, 0.1) is 16.0 Å². The normalized spacial score (nSPS) is 12.1. The van der Waals surface area contributed by atoms with Crippen molar-refractivity contribution in [1.29, 1.82) is 0 Å². The van der Waals surface area contributed by atoms with Gasteiger partial charge in [0.15, 0.2) is 0 Å². The third-order valence-electron chi connectivity index (χ3n) is 2.68. The van der Waals surface area contributed by atoms with Gasteiger partial charge in [0.25, 0.3) is 5.69 Å². The Balaban J connectivity index is 3.01. The molecule has 104 valence electrons. The fourth-order valence-electron chi connectivity index (χ4n) is 1.41. The molecular weight excluding hydrogens is 250 g/mol. The lowest BCUT2D eigenvalue weighted by Crippen LogP contribution is -2.39. The third-order valence-corrected chi connectivity index (χ3v) is 2.68. The molecule has 0 aliphatic rings. The van der Waals surface area contributed by atoms with Crippen LogP contribution in [0.1, 0.15) is 13.8 Å². The van der Waals surface area contributed by atoms with Gasteiger partial charge >= 0.3 is 0 Å².